The van der Waals surface area contributed by atoms with Crippen LogP contribution in [0.3, 0.4) is 0 Å². The van der Waals surface area contributed by atoms with Gasteiger partial charge >= 0.3 is 0 Å². The minimum Gasteiger partial charge on any atom is -0.376 e. The van der Waals surface area contributed by atoms with Crippen LogP contribution < -0.4 is 11.1 Å². The molecule has 1 fully saturated rings. The largest absolute Gasteiger partial charge is 0.376 e. The van der Waals surface area contributed by atoms with E-state index in [1.807, 2.05) is 37.3 Å². The summed E-state index contributed by atoms with van der Waals surface area (Å²) < 4.78 is 5.74. The molecule has 1 aliphatic rings. The van der Waals surface area contributed by atoms with Crippen molar-refractivity contribution in [3.63, 3.8) is 0 Å². The van der Waals surface area contributed by atoms with Crippen LogP contribution in [-0.4, -0.2) is 25.2 Å². The summed E-state index contributed by atoms with van der Waals surface area (Å²) in [5.41, 5.74) is 6.64. The van der Waals surface area contributed by atoms with Gasteiger partial charge in [0.2, 0.25) is 5.91 Å². The Morgan fingerprint density at radius 2 is 2.15 bits per heavy atom. The highest BCUT2D eigenvalue weighted by Gasteiger charge is 2.29. The number of nitrogens with one attached hydrogen (secondary N) is 1. The molecule has 1 aliphatic heterocycles. The Morgan fingerprint density at radius 1 is 1.45 bits per heavy atom. The molecule has 1 heterocycles. The van der Waals surface area contributed by atoms with E-state index in [1.165, 1.54) is 0 Å². The highest BCUT2D eigenvalue weighted by molar-refractivity contribution is 5.85. The van der Waals surface area contributed by atoms with E-state index in [9.17, 15) is 4.79 Å². The number of amides is 1. The second-order valence-electron chi connectivity index (χ2n) is 5.09. The number of hydrogen-bond acceptors (Lipinski definition) is 3. The van der Waals surface area contributed by atoms with Gasteiger partial charge in [0, 0.05) is 19.1 Å². The molecule has 2 rings (SSSR count). The molecule has 1 aromatic rings. The Labute approximate surface area is 126 Å². The van der Waals surface area contributed by atoms with Crippen molar-refractivity contribution < 1.29 is 9.53 Å². The second-order valence-corrected chi connectivity index (χ2v) is 5.09. The second kappa shape index (κ2) is 8.25. The summed E-state index contributed by atoms with van der Waals surface area (Å²) in [6, 6.07) is 9.91. The molecule has 1 amide bonds. The Balaban J connectivity index is 0.00000200. The van der Waals surface area contributed by atoms with Crippen molar-refractivity contribution in [2.75, 3.05) is 13.2 Å². The fourth-order valence-corrected chi connectivity index (χ4v) is 2.32. The minimum atomic E-state index is -0.174. The molecule has 0 spiro atoms. The number of ether oxygens (including phenoxy) is 1. The molecular formula is C15H23ClN2O2. The molecule has 0 radical (unpaired) electrons. The third-order valence-corrected chi connectivity index (χ3v) is 3.59. The quantitative estimate of drug-likeness (QED) is 0.874. The Hall–Kier alpha value is -1.10. The van der Waals surface area contributed by atoms with Crippen molar-refractivity contribution in [2.24, 2.45) is 11.7 Å². The molecule has 20 heavy (non-hydrogen) atoms. The fourth-order valence-electron chi connectivity index (χ4n) is 2.32. The van der Waals surface area contributed by atoms with Gasteiger partial charge in [0.1, 0.15) is 0 Å². The van der Waals surface area contributed by atoms with E-state index >= 15 is 0 Å². The number of benzene rings is 1. The average molecular weight is 299 g/mol. The SMILES string of the molecule is CC(CN)C(=O)NC(c1ccccc1)C1CCCO1.Cl. The van der Waals surface area contributed by atoms with Gasteiger partial charge in [-0.1, -0.05) is 37.3 Å². The van der Waals surface area contributed by atoms with Crippen LogP contribution >= 0.6 is 12.4 Å². The molecule has 1 aromatic carbocycles. The molecule has 0 aromatic heterocycles. The van der Waals surface area contributed by atoms with Crippen LogP contribution in [0.25, 0.3) is 0 Å². The number of halogens is 1. The summed E-state index contributed by atoms with van der Waals surface area (Å²) in [6.45, 7) is 2.97. The van der Waals surface area contributed by atoms with E-state index in [0.717, 1.165) is 25.0 Å². The van der Waals surface area contributed by atoms with E-state index < -0.39 is 0 Å². The van der Waals surface area contributed by atoms with Crippen molar-refractivity contribution in [2.45, 2.75) is 31.9 Å². The van der Waals surface area contributed by atoms with Gasteiger partial charge in [0.15, 0.2) is 0 Å². The van der Waals surface area contributed by atoms with E-state index in [4.69, 9.17) is 10.5 Å². The van der Waals surface area contributed by atoms with Crippen LogP contribution in [0.1, 0.15) is 31.4 Å². The summed E-state index contributed by atoms with van der Waals surface area (Å²) in [4.78, 5) is 12.1. The molecule has 4 nitrogen and oxygen atoms in total. The summed E-state index contributed by atoms with van der Waals surface area (Å²) in [7, 11) is 0. The first kappa shape index (κ1) is 17.0. The van der Waals surface area contributed by atoms with E-state index in [1.54, 1.807) is 0 Å². The van der Waals surface area contributed by atoms with E-state index in [2.05, 4.69) is 5.32 Å². The zero-order valence-electron chi connectivity index (χ0n) is 11.7. The molecule has 0 saturated carbocycles. The molecule has 1 saturated heterocycles. The number of carbonyl (C=O) groups is 1. The predicted octanol–water partition coefficient (Wildman–Crippen LogP) is 2.04. The Kier molecular flexibility index (Phi) is 6.99. The highest BCUT2D eigenvalue weighted by Crippen LogP contribution is 2.27. The Morgan fingerprint density at radius 3 is 2.70 bits per heavy atom. The van der Waals surface area contributed by atoms with Crippen molar-refractivity contribution in [3.05, 3.63) is 35.9 Å². The lowest BCUT2D eigenvalue weighted by Crippen LogP contribution is -2.40. The first-order valence-corrected chi connectivity index (χ1v) is 6.89. The van der Waals surface area contributed by atoms with Gasteiger partial charge in [-0.25, -0.2) is 0 Å². The standard InChI is InChI=1S/C15H22N2O2.ClH/c1-11(10-16)15(18)17-14(13-8-5-9-19-13)12-6-3-2-4-7-12;/h2-4,6-7,11,13-14H,5,8-10,16H2,1H3,(H,17,18);1H. The van der Waals surface area contributed by atoms with Crippen LogP contribution in [0.15, 0.2) is 30.3 Å². The topological polar surface area (TPSA) is 64.4 Å². The lowest BCUT2D eigenvalue weighted by Gasteiger charge is -2.26. The maximum atomic E-state index is 12.1. The van der Waals surface area contributed by atoms with E-state index in [0.29, 0.717) is 6.54 Å². The zero-order valence-corrected chi connectivity index (χ0v) is 12.6. The van der Waals surface area contributed by atoms with Crippen molar-refractivity contribution in [1.82, 2.24) is 5.32 Å². The van der Waals surface area contributed by atoms with Gasteiger partial charge < -0.3 is 15.8 Å². The molecule has 3 N–H and O–H groups in total. The van der Waals surface area contributed by atoms with Crippen LogP contribution in [0.2, 0.25) is 0 Å². The summed E-state index contributed by atoms with van der Waals surface area (Å²) in [5.74, 6) is -0.181. The van der Waals surface area contributed by atoms with Crippen molar-refractivity contribution in [3.8, 4) is 0 Å². The molecule has 3 unspecified atom stereocenters. The highest BCUT2D eigenvalue weighted by atomic mass is 35.5. The van der Waals surface area contributed by atoms with Crippen LogP contribution in [0.5, 0.6) is 0 Å². The molecule has 3 atom stereocenters. The van der Waals surface area contributed by atoms with Gasteiger partial charge in [-0.3, -0.25) is 4.79 Å². The zero-order chi connectivity index (χ0) is 13.7. The van der Waals surface area contributed by atoms with Gasteiger partial charge in [-0.15, -0.1) is 12.4 Å². The van der Waals surface area contributed by atoms with Crippen LogP contribution in [-0.2, 0) is 9.53 Å². The third-order valence-electron chi connectivity index (χ3n) is 3.59. The fraction of sp³-hybridized carbons (Fsp3) is 0.533. The van der Waals surface area contributed by atoms with Crippen LogP contribution in [0.4, 0.5) is 0 Å². The maximum Gasteiger partial charge on any atom is 0.224 e. The summed E-state index contributed by atoms with van der Waals surface area (Å²) >= 11 is 0. The number of hydrogen-bond donors (Lipinski definition) is 2. The predicted molar refractivity (Wildman–Crippen MR) is 81.8 cm³/mol. The smallest absolute Gasteiger partial charge is 0.224 e. The van der Waals surface area contributed by atoms with Crippen molar-refractivity contribution in [1.29, 1.82) is 0 Å². The molecule has 0 bridgehead atoms. The normalized spacial score (nSPS) is 20.8. The average Bonchev–Trinajstić information content (AvgIpc) is 2.98. The third kappa shape index (κ3) is 4.20. The lowest BCUT2D eigenvalue weighted by atomic mass is 9.98. The van der Waals surface area contributed by atoms with Gasteiger partial charge in [-0.05, 0) is 18.4 Å². The first-order chi connectivity index (χ1) is 9.22. The first-order valence-electron chi connectivity index (χ1n) is 6.89. The molecule has 112 valence electrons. The lowest BCUT2D eigenvalue weighted by molar-refractivity contribution is -0.126. The molecule has 0 aliphatic carbocycles. The Bertz CT molecular complexity index is 408. The maximum absolute atomic E-state index is 12.1. The molecular weight excluding hydrogens is 276 g/mol. The van der Waals surface area contributed by atoms with Gasteiger partial charge in [0.25, 0.3) is 0 Å². The minimum absolute atomic E-state index is 0. The number of rotatable bonds is 5. The van der Waals surface area contributed by atoms with Crippen molar-refractivity contribution >= 4 is 18.3 Å². The van der Waals surface area contributed by atoms with E-state index in [-0.39, 0.29) is 36.4 Å². The summed E-state index contributed by atoms with van der Waals surface area (Å²) in [6.07, 6.45) is 2.10. The monoisotopic (exact) mass is 298 g/mol. The van der Waals surface area contributed by atoms with Gasteiger partial charge in [-0.2, -0.15) is 0 Å². The number of nitrogens with two attached hydrogens (primary N) is 1. The summed E-state index contributed by atoms with van der Waals surface area (Å²) in [5, 5.41) is 3.08. The number of carbonyl (C=O) groups excluding carboxylic acids is 1. The molecule has 5 heteroatoms. The van der Waals surface area contributed by atoms with Gasteiger partial charge in [0.05, 0.1) is 12.1 Å². The van der Waals surface area contributed by atoms with Crippen LogP contribution in [0, 0.1) is 5.92 Å².